The monoisotopic (exact) mass is 249 g/mol. The first-order valence-electron chi connectivity index (χ1n) is 6.04. The lowest BCUT2D eigenvalue weighted by Crippen LogP contribution is -2.25. The van der Waals surface area contributed by atoms with Gasteiger partial charge in [0.1, 0.15) is 5.78 Å². The van der Waals surface area contributed by atoms with Crippen LogP contribution in [-0.2, 0) is 4.79 Å². The zero-order chi connectivity index (χ0) is 13.1. The van der Waals surface area contributed by atoms with Gasteiger partial charge in [-0.3, -0.25) is 14.9 Å². The van der Waals surface area contributed by atoms with Crippen molar-refractivity contribution in [2.45, 2.75) is 31.8 Å². The van der Waals surface area contributed by atoms with Crippen LogP contribution in [0.4, 0.5) is 5.69 Å². The molecule has 1 fully saturated rings. The maximum Gasteiger partial charge on any atom is 0.269 e. The SMILES string of the molecule is O=C1CCCCC1[C@@H](O)c1ccc([N+](=O)[O-])cc1. The third-order valence-corrected chi connectivity index (χ3v) is 3.43. The Bertz CT molecular complexity index is 455. The van der Waals surface area contributed by atoms with Gasteiger partial charge in [-0.15, -0.1) is 0 Å². The first kappa shape index (κ1) is 12.7. The highest BCUT2D eigenvalue weighted by molar-refractivity contribution is 5.82. The molecule has 5 heteroatoms. The largest absolute Gasteiger partial charge is 0.388 e. The van der Waals surface area contributed by atoms with Crippen molar-refractivity contribution in [2.24, 2.45) is 5.92 Å². The maximum atomic E-state index is 11.7. The molecule has 2 atom stereocenters. The summed E-state index contributed by atoms with van der Waals surface area (Å²) in [5.74, 6) is -0.271. The van der Waals surface area contributed by atoms with E-state index in [2.05, 4.69) is 0 Å². The summed E-state index contributed by atoms with van der Waals surface area (Å²) in [5.41, 5.74) is 0.557. The Morgan fingerprint density at radius 1 is 1.28 bits per heavy atom. The molecular weight excluding hydrogens is 234 g/mol. The third-order valence-electron chi connectivity index (χ3n) is 3.43. The van der Waals surface area contributed by atoms with Crippen LogP contribution in [0.2, 0.25) is 0 Å². The quantitative estimate of drug-likeness (QED) is 0.658. The lowest BCUT2D eigenvalue weighted by molar-refractivity contribution is -0.384. The van der Waals surface area contributed by atoms with Crippen LogP contribution in [0.25, 0.3) is 0 Å². The van der Waals surface area contributed by atoms with E-state index in [1.165, 1.54) is 24.3 Å². The Hall–Kier alpha value is -1.75. The van der Waals surface area contributed by atoms with Gasteiger partial charge in [0.2, 0.25) is 0 Å². The van der Waals surface area contributed by atoms with Crippen LogP contribution < -0.4 is 0 Å². The predicted molar refractivity (Wildman–Crippen MR) is 65.0 cm³/mol. The molecule has 0 bridgehead atoms. The maximum absolute atomic E-state index is 11.7. The number of hydrogen-bond acceptors (Lipinski definition) is 4. The van der Waals surface area contributed by atoms with E-state index in [1.807, 2.05) is 0 Å². The van der Waals surface area contributed by atoms with E-state index in [0.717, 1.165) is 12.8 Å². The molecule has 0 amide bonds. The van der Waals surface area contributed by atoms with Crippen molar-refractivity contribution in [3.05, 3.63) is 39.9 Å². The molecule has 1 saturated carbocycles. The lowest BCUT2D eigenvalue weighted by atomic mass is 9.82. The molecular formula is C13H15NO4. The van der Waals surface area contributed by atoms with Gasteiger partial charge >= 0.3 is 0 Å². The topological polar surface area (TPSA) is 80.4 Å². The van der Waals surface area contributed by atoms with Gasteiger partial charge in [-0.1, -0.05) is 6.42 Å². The molecule has 1 aromatic carbocycles. The average molecular weight is 249 g/mol. The number of nitro benzene ring substituents is 1. The predicted octanol–water partition coefficient (Wildman–Crippen LogP) is 2.39. The molecule has 0 radical (unpaired) electrons. The first-order chi connectivity index (χ1) is 8.59. The van der Waals surface area contributed by atoms with Crippen LogP contribution in [-0.4, -0.2) is 15.8 Å². The molecule has 1 aliphatic rings. The number of non-ortho nitro benzene ring substituents is 1. The smallest absolute Gasteiger partial charge is 0.269 e. The van der Waals surface area contributed by atoms with E-state index in [-0.39, 0.29) is 17.4 Å². The minimum absolute atomic E-state index is 0.0130. The fraction of sp³-hybridized carbons (Fsp3) is 0.462. The van der Waals surface area contributed by atoms with Crippen LogP contribution in [0.5, 0.6) is 0 Å². The highest BCUT2D eigenvalue weighted by atomic mass is 16.6. The highest BCUT2D eigenvalue weighted by Crippen LogP contribution is 2.32. The van der Waals surface area contributed by atoms with Crippen molar-refractivity contribution in [3.8, 4) is 0 Å². The molecule has 1 aromatic rings. The van der Waals surface area contributed by atoms with Crippen molar-refractivity contribution in [1.29, 1.82) is 0 Å². The zero-order valence-electron chi connectivity index (χ0n) is 9.91. The number of aliphatic hydroxyl groups is 1. The fourth-order valence-electron chi connectivity index (χ4n) is 2.37. The summed E-state index contributed by atoms with van der Waals surface area (Å²) in [4.78, 5) is 21.8. The summed E-state index contributed by atoms with van der Waals surface area (Å²) in [6.45, 7) is 0. The minimum atomic E-state index is -0.849. The van der Waals surface area contributed by atoms with Crippen LogP contribution in [0.1, 0.15) is 37.4 Å². The number of hydrogen-bond donors (Lipinski definition) is 1. The molecule has 0 spiro atoms. The van der Waals surface area contributed by atoms with Crippen LogP contribution >= 0.6 is 0 Å². The Balaban J connectivity index is 2.15. The summed E-state index contributed by atoms with van der Waals surface area (Å²) in [6.07, 6.45) is 2.20. The highest BCUT2D eigenvalue weighted by Gasteiger charge is 2.30. The number of nitrogens with zero attached hydrogens (tertiary/aromatic N) is 1. The van der Waals surface area contributed by atoms with E-state index >= 15 is 0 Å². The number of carbonyl (C=O) groups excluding carboxylic acids is 1. The Morgan fingerprint density at radius 3 is 2.50 bits per heavy atom. The number of nitro groups is 1. The van der Waals surface area contributed by atoms with Gasteiger partial charge in [-0.05, 0) is 30.5 Å². The van der Waals surface area contributed by atoms with E-state index in [4.69, 9.17) is 0 Å². The lowest BCUT2D eigenvalue weighted by Gasteiger charge is -2.25. The molecule has 0 aromatic heterocycles. The summed E-state index contributed by atoms with van der Waals surface area (Å²) in [5, 5.41) is 20.7. The molecule has 1 aliphatic carbocycles. The van der Waals surface area contributed by atoms with Gasteiger partial charge in [0.25, 0.3) is 5.69 Å². The van der Waals surface area contributed by atoms with Crippen molar-refractivity contribution >= 4 is 11.5 Å². The number of ketones is 1. The molecule has 0 aliphatic heterocycles. The van der Waals surface area contributed by atoms with Crippen LogP contribution in [0.3, 0.4) is 0 Å². The second-order valence-electron chi connectivity index (χ2n) is 4.61. The van der Waals surface area contributed by atoms with E-state index < -0.39 is 11.0 Å². The van der Waals surface area contributed by atoms with Crippen LogP contribution in [0.15, 0.2) is 24.3 Å². The second-order valence-corrected chi connectivity index (χ2v) is 4.61. The number of carbonyl (C=O) groups is 1. The molecule has 0 heterocycles. The third kappa shape index (κ3) is 2.56. The molecule has 0 saturated heterocycles. The molecule has 2 rings (SSSR count). The average Bonchev–Trinajstić information content (AvgIpc) is 2.38. The van der Waals surface area contributed by atoms with E-state index in [9.17, 15) is 20.0 Å². The van der Waals surface area contributed by atoms with Crippen molar-refractivity contribution in [3.63, 3.8) is 0 Å². The first-order valence-corrected chi connectivity index (χ1v) is 6.04. The summed E-state index contributed by atoms with van der Waals surface area (Å²) in [6, 6.07) is 5.74. The van der Waals surface area contributed by atoms with Gasteiger partial charge in [-0.25, -0.2) is 0 Å². The number of aliphatic hydroxyl groups excluding tert-OH is 1. The van der Waals surface area contributed by atoms with E-state index in [0.29, 0.717) is 18.4 Å². The van der Waals surface area contributed by atoms with Crippen molar-refractivity contribution in [2.75, 3.05) is 0 Å². The molecule has 18 heavy (non-hydrogen) atoms. The molecule has 1 unspecified atom stereocenters. The standard InChI is InChI=1S/C13H15NO4/c15-12-4-2-1-3-11(12)13(16)9-5-7-10(8-6-9)14(17)18/h5-8,11,13,16H,1-4H2/t11?,13-/m0/s1. The molecule has 5 nitrogen and oxygen atoms in total. The summed E-state index contributed by atoms with van der Waals surface area (Å²) < 4.78 is 0. The number of rotatable bonds is 3. The molecule has 1 N–H and O–H groups in total. The Morgan fingerprint density at radius 2 is 1.94 bits per heavy atom. The summed E-state index contributed by atoms with van der Waals surface area (Å²) >= 11 is 0. The van der Waals surface area contributed by atoms with Gasteiger partial charge in [-0.2, -0.15) is 0 Å². The number of Topliss-reactive ketones (excluding diaryl/α,β-unsaturated/α-hetero) is 1. The van der Waals surface area contributed by atoms with Gasteiger partial charge in [0.05, 0.1) is 11.0 Å². The zero-order valence-corrected chi connectivity index (χ0v) is 9.91. The van der Waals surface area contributed by atoms with Crippen LogP contribution in [0, 0.1) is 16.0 Å². The minimum Gasteiger partial charge on any atom is -0.388 e. The Kier molecular flexibility index (Phi) is 3.72. The normalized spacial score (nSPS) is 21.6. The fourth-order valence-corrected chi connectivity index (χ4v) is 2.37. The van der Waals surface area contributed by atoms with Gasteiger partial charge < -0.3 is 5.11 Å². The van der Waals surface area contributed by atoms with Crippen molar-refractivity contribution in [1.82, 2.24) is 0 Å². The van der Waals surface area contributed by atoms with Crippen molar-refractivity contribution < 1.29 is 14.8 Å². The second kappa shape index (κ2) is 5.27. The van der Waals surface area contributed by atoms with Gasteiger partial charge in [0, 0.05) is 24.5 Å². The number of benzene rings is 1. The molecule has 96 valence electrons. The van der Waals surface area contributed by atoms with Gasteiger partial charge in [0.15, 0.2) is 0 Å². The Labute approximate surface area is 105 Å². The van der Waals surface area contributed by atoms with E-state index in [1.54, 1.807) is 0 Å². The summed E-state index contributed by atoms with van der Waals surface area (Å²) in [7, 11) is 0.